The molecule has 2 aromatic carbocycles. The van der Waals surface area contributed by atoms with Gasteiger partial charge in [-0.2, -0.15) is 26.3 Å². The van der Waals surface area contributed by atoms with Gasteiger partial charge in [-0.05, 0) is 71.0 Å². The number of alkyl halides is 6. The van der Waals surface area contributed by atoms with E-state index in [9.17, 15) is 35.9 Å². The van der Waals surface area contributed by atoms with Crippen LogP contribution in [0, 0.1) is 0 Å². The molecule has 1 saturated heterocycles. The van der Waals surface area contributed by atoms with Crippen LogP contribution in [0.15, 0.2) is 58.8 Å². The van der Waals surface area contributed by atoms with E-state index in [2.05, 4.69) is 0 Å². The number of hydrogen-bond acceptors (Lipinski definition) is 6. The van der Waals surface area contributed by atoms with E-state index in [4.69, 9.17) is 22.1 Å². The van der Waals surface area contributed by atoms with E-state index in [0.29, 0.717) is 34.4 Å². The second-order valence-corrected chi connectivity index (χ2v) is 11.4. The number of thioether (sulfide) groups is 1. The first-order valence-electron chi connectivity index (χ1n) is 11.8. The molecule has 5 nitrogen and oxygen atoms in total. The fourth-order valence-corrected chi connectivity index (χ4v) is 6.00. The molecule has 1 aliphatic rings. The molecule has 0 radical (unpaired) electrons. The SMILES string of the molecule is O=C(O)c1ccc(COCCCN2C(=O)C(=Cc3cc(-c4cc(C(F)(F)F)cc(C(F)(F)F)c4)cs3)SC2=S)cc1. The van der Waals surface area contributed by atoms with Crippen molar-refractivity contribution >= 4 is 57.6 Å². The molecule has 1 amide bonds. The second-order valence-electron chi connectivity index (χ2n) is 8.77. The fraction of sp³-hybridized carbons (Fsp3) is 0.222. The minimum absolute atomic E-state index is 0.0751. The number of carboxylic acid groups (broad SMARTS) is 1. The highest BCUT2D eigenvalue weighted by molar-refractivity contribution is 8.26. The van der Waals surface area contributed by atoms with Crippen LogP contribution < -0.4 is 0 Å². The Morgan fingerprint density at radius 3 is 2.20 bits per heavy atom. The minimum atomic E-state index is -4.96. The molecule has 1 aliphatic heterocycles. The van der Waals surface area contributed by atoms with Gasteiger partial charge in [-0.15, -0.1) is 11.3 Å². The predicted molar refractivity (Wildman–Crippen MR) is 147 cm³/mol. The maximum absolute atomic E-state index is 13.2. The Labute approximate surface area is 243 Å². The van der Waals surface area contributed by atoms with Crippen molar-refractivity contribution in [3.8, 4) is 11.1 Å². The van der Waals surface area contributed by atoms with Gasteiger partial charge >= 0.3 is 18.3 Å². The summed E-state index contributed by atoms with van der Waals surface area (Å²) < 4.78 is 85.3. The van der Waals surface area contributed by atoms with Crippen LogP contribution in [0.5, 0.6) is 0 Å². The number of carbonyl (C=O) groups is 2. The highest BCUT2D eigenvalue weighted by Crippen LogP contribution is 2.40. The van der Waals surface area contributed by atoms with E-state index in [1.807, 2.05) is 0 Å². The maximum atomic E-state index is 13.2. The van der Waals surface area contributed by atoms with Crippen LogP contribution in [0.25, 0.3) is 17.2 Å². The third-order valence-electron chi connectivity index (χ3n) is 5.83. The molecule has 0 unspecified atom stereocenters. The van der Waals surface area contributed by atoms with Crippen molar-refractivity contribution in [3.05, 3.63) is 85.9 Å². The average Bonchev–Trinajstić information content (AvgIpc) is 3.47. The topological polar surface area (TPSA) is 66.8 Å². The minimum Gasteiger partial charge on any atom is -0.478 e. The fourth-order valence-electron chi connectivity index (χ4n) is 3.78. The normalized spacial score (nSPS) is 15.3. The second kappa shape index (κ2) is 12.3. The predicted octanol–water partition coefficient (Wildman–Crippen LogP) is 7.96. The number of thiocarbonyl (C=S) groups is 1. The Morgan fingerprint density at radius 1 is 0.976 bits per heavy atom. The van der Waals surface area contributed by atoms with Gasteiger partial charge in [0.1, 0.15) is 4.32 Å². The van der Waals surface area contributed by atoms with Gasteiger partial charge in [0.25, 0.3) is 5.91 Å². The Balaban J connectivity index is 1.38. The molecular formula is C27H19F6NO4S3. The highest BCUT2D eigenvalue weighted by atomic mass is 32.2. The van der Waals surface area contributed by atoms with Crippen LogP contribution in [0.2, 0.25) is 0 Å². The van der Waals surface area contributed by atoms with Crippen LogP contribution in [0.4, 0.5) is 26.3 Å². The molecule has 1 N–H and O–H groups in total. The summed E-state index contributed by atoms with van der Waals surface area (Å²) in [5, 5.41) is 10.4. The Hall–Kier alpha value is -3.20. The van der Waals surface area contributed by atoms with E-state index in [1.165, 1.54) is 34.6 Å². The van der Waals surface area contributed by atoms with Gasteiger partial charge in [0.2, 0.25) is 0 Å². The standard InChI is InChI=1S/C27H19F6NO4S3/c28-26(29,30)19-8-17(9-20(11-19)27(31,32)33)18-10-21(40-14-18)12-22-23(35)34(25(39)41-22)6-1-7-38-13-15-2-4-16(5-3-15)24(36)37/h2-5,8-12,14H,1,6-7,13H2,(H,36,37). The third kappa shape index (κ3) is 7.76. The van der Waals surface area contributed by atoms with Gasteiger partial charge in [-0.3, -0.25) is 9.69 Å². The van der Waals surface area contributed by atoms with Gasteiger partial charge in [-0.25, -0.2) is 4.79 Å². The van der Waals surface area contributed by atoms with Crippen molar-refractivity contribution in [3.63, 3.8) is 0 Å². The lowest BCUT2D eigenvalue weighted by Crippen LogP contribution is -2.29. The molecule has 0 aliphatic carbocycles. The Bertz CT molecular complexity index is 1460. The average molecular weight is 632 g/mol. The number of amides is 1. The number of hydrogen-bond donors (Lipinski definition) is 1. The largest absolute Gasteiger partial charge is 0.478 e. The van der Waals surface area contributed by atoms with Gasteiger partial charge in [0.15, 0.2) is 0 Å². The number of carboxylic acids is 1. The number of thiophene rings is 1. The molecule has 216 valence electrons. The van der Waals surface area contributed by atoms with E-state index >= 15 is 0 Å². The summed E-state index contributed by atoms with van der Waals surface area (Å²) in [6.07, 6.45) is -7.95. The van der Waals surface area contributed by atoms with E-state index in [0.717, 1.165) is 28.7 Å². The zero-order chi connectivity index (χ0) is 29.9. The van der Waals surface area contributed by atoms with Crippen molar-refractivity contribution in [2.45, 2.75) is 25.4 Å². The lowest BCUT2D eigenvalue weighted by Gasteiger charge is -2.14. The molecule has 0 atom stereocenters. The summed E-state index contributed by atoms with van der Waals surface area (Å²) >= 11 is 7.42. The number of ether oxygens (including phenoxy) is 1. The molecule has 1 aromatic heterocycles. The molecule has 0 spiro atoms. The molecule has 0 bridgehead atoms. The summed E-state index contributed by atoms with van der Waals surface area (Å²) in [7, 11) is 0. The molecule has 2 heterocycles. The first-order valence-corrected chi connectivity index (χ1v) is 13.9. The number of nitrogens with zero attached hydrogens (tertiary/aromatic N) is 1. The number of aromatic carboxylic acids is 1. The van der Waals surface area contributed by atoms with Crippen LogP contribution in [-0.2, 0) is 28.5 Å². The monoisotopic (exact) mass is 631 g/mol. The summed E-state index contributed by atoms with van der Waals surface area (Å²) in [5.74, 6) is -1.39. The lowest BCUT2D eigenvalue weighted by molar-refractivity contribution is -0.143. The van der Waals surface area contributed by atoms with E-state index in [-0.39, 0.29) is 46.7 Å². The van der Waals surface area contributed by atoms with Gasteiger partial charge in [-0.1, -0.05) is 36.1 Å². The lowest BCUT2D eigenvalue weighted by atomic mass is 10.0. The zero-order valence-corrected chi connectivity index (χ0v) is 23.2. The first-order chi connectivity index (χ1) is 19.2. The van der Waals surface area contributed by atoms with Crippen molar-refractivity contribution in [1.82, 2.24) is 4.90 Å². The molecular weight excluding hydrogens is 612 g/mol. The van der Waals surface area contributed by atoms with Crippen molar-refractivity contribution < 1.29 is 45.8 Å². The molecule has 14 heteroatoms. The molecule has 41 heavy (non-hydrogen) atoms. The van der Waals surface area contributed by atoms with E-state index < -0.39 is 29.4 Å². The summed E-state index contributed by atoms with van der Waals surface area (Å²) in [6, 6.07) is 9.06. The van der Waals surface area contributed by atoms with Crippen molar-refractivity contribution in [1.29, 1.82) is 0 Å². The molecule has 0 saturated carbocycles. The third-order valence-corrected chi connectivity index (χ3v) is 8.09. The van der Waals surface area contributed by atoms with Crippen molar-refractivity contribution in [2.24, 2.45) is 0 Å². The maximum Gasteiger partial charge on any atom is 0.416 e. The van der Waals surface area contributed by atoms with Crippen LogP contribution in [0.1, 0.15) is 38.3 Å². The van der Waals surface area contributed by atoms with Gasteiger partial charge in [0, 0.05) is 18.0 Å². The summed E-state index contributed by atoms with van der Waals surface area (Å²) in [4.78, 5) is 25.9. The highest BCUT2D eigenvalue weighted by Gasteiger charge is 2.37. The summed E-state index contributed by atoms with van der Waals surface area (Å²) in [6.45, 7) is 0.845. The number of benzene rings is 2. The number of rotatable bonds is 9. The van der Waals surface area contributed by atoms with Crippen molar-refractivity contribution in [2.75, 3.05) is 13.2 Å². The van der Waals surface area contributed by atoms with Crippen LogP contribution >= 0.6 is 35.3 Å². The molecule has 4 rings (SSSR count). The quantitative estimate of drug-likeness (QED) is 0.112. The van der Waals surface area contributed by atoms with Crippen LogP contribution in [0.3, 0.4) is 0 Å². The van der Waals surface area contributed by atoms with Crippen LogP contribution in [-0.4, -0.2) is 39.4 Å². The molecule has 1 fully saturated rings. The van der Waals surface area contributed by atoms with E-state index in [1.54, 1.807) is 12.1 Å². The summed E-state index contributed by atoms with van der Waals surface area (Å²) in [5.41, 5.74) is -1.94. The molecule has 3 aromatic rings. The number of carbonyl (C=O) groups excluding carboxylic acids is 1. The number of halogens is 6. The first kappa shape index (κ1) is 30.8. The zero-order valence-electron chi connectivity index (χ0n) is 20.7. The smallest absolute Gasteiger partial charge is 0.416 e. The van der Waals surface area contributed by atoms with Gasteiger partial charge in [0.05, 0.1) is 28.2 Å². The van der Waals surface area contributed by atoms with Gasteiger partial charge < -0.3 is 9.84 Å². The Kier molecular flexibility index (Phi) is 9.26. The Morgan fingerprint density at radius 2 is 1.61 bits per heavy atom.